The summed E-state index contributed by atoms with van der Waals surface area (Å²) >= 11 is 1.34. The SMILES string of the molecule is CC(C)(C)[Si](OC[C@H]1S[C@@H](n2cnc(N)nc2=O)[C@@H](F)[C@@H]1O[Si](c1ccccc1)(c1ccccc1)C(C)(C)C)(c1ccccc1)c1ccccc1. The van der Waals surface area contributed by atoms with Crippen molar-refractivity contribution in [3.8, 4) is 0 Å². The summed E-state index contributed by atoms with van der Waals surface area (Å²) in [5.41, 5.74) is 5.10. The molecule has 0 aliphatic carbocycles. The quantitative estimate of drug-likeness (QED) is 0.184. The van der Waals surface area contributed by atoms with Gasteiger partial charge in [0.1, 0.15) is 11.7 Å². The Hall–Kier alpha value is -3.88. The summed E-state index contributed by atoms with van der Waals surface area (Å²) in [6.07, 6.45) is -1.23. The van der Waals surface area contributed by atoms with Crippen molar-refractivity contribution in [1.82, 2.24) is 14.5 Å². The van der Waals surface area contributed by atoms with E-state index in [0.29, 0.717) is 0 Å². The fourth-order valence-electron chi connectivity index (χ4n) is 7.59. The average Bonchev–Trinajstić information content (AvgIpc) is 3.41. The van der Waals surface area contributed by atoms with E-state index >= 15 is 4.39 Å². The number of thioether (sulfide) groups is 1. The van der Waals surface area contributed by atoms with Crippen molar-refractivity contribution in [3.63, 3.8) is 0 Å². The highest BCUT2D eigenvalue weighted by molar-refractivity contribution is 8.00. The summed E-state index contributed by atoms with van der Waals surface area (Å²) in [4.78, 5) is 21.1. The van der Waals surface area contributed by atoms with Gasteiger partial charge in [0.05, 0.1) is 11.4 Å². The molecular weight excluding hydrogens is 692 g/mol. The van der Waals surface area contributed by atoms with E-state index in [1.54, 1.807) is 0 Å². The van der Waals surface area contributed by atoms with Crippen molar-refractivity contribution >= 4 is 55.1 Å². The van der Waals surface area contributed by atoms with Crippen LogP contribution < -0.4 is 32.2 Å². The molecule has 266 valence electrons. The Morgan fingerprint density at radius 3 is 1.53 bits per heavy atom. The monoisotopic (exact) mass is 738 g/mol. The molecule has 1 aliphatic rings. The number of aromatic nitrogens is 3. The molecule has 0 bridgehead atoms. The van der Waals surface area contributed by atoms with Gasteiger partial charge in [0.15, 0.2) is 6.17 Å². The van der Waals surface area contributed by atoms with Crippen LogP contribution in [-0.2, 0) is 8.85 Å². The molecule has 11 heteroatoms. The van der Waals surface area contributed by atoms with Gasteiger partial charge in [-0.1, -0.05) is 163 Å². The maximum atomic E-state index is 17.5. The van der Waals surface area contributed by atoms with Crippen LogP contribution in [0.3, 0.4) is 0 Å². The first-order chi connectivity index (χ1) is 24.3. The van der Waals surface area contributed by atoms with E-state index in [1.165, 1.54) is 22.7 Å². The van der Waals surface area contributed by atoms with Crippen LogP contribution in [0.15, 0.2) is 132 Å². The lowest BCUT2D eigenvalue weighted by Crippen LogP contribution is -2.69. The number of nitrogens with zero attached hydrogens (tertiary/aromatic N) is 3. The zero-order chi connectivity index (χ0) is 36.4. The Labute approximate surface area is 306 Å². The normalized spacial score (nSPS) is 20.0. The lowest BCUT2D eigenvalue weighted by molar-refractivity contribution is 0.0759. The smallest absolute Gasteiger partial charge is 0.353 e. The number of halogens is 1. The number of anilines is 1. The molecule has 5 aromatic rings. The van der Waals surface area contributed by atoms with Crippen molar-refractivity contribution in [2.24, 2.45) is 0 Å². The minimum Gasteiger partial charge on any atom is -0.406 e. The molecule has 6 rings (SSSR count). The van der Waals surface area contributed by atoms with Crippen LogP contribution in [0.4, 0.5) is 10.3 Å². The second kappa shape index (κ2) is 14.6. The van der Waals surface area contributed by atoms with Gasteiger partial charge in [-0.2, -0.15) is 4.98 Å². The molecule has 2 heterocycles. The van der Waals surface area contributed by atoms with Crippen LogP contribution in [0.5, 0.6) is 0 Å². The number of nitrogen functional groups attached to an aromatic ring is 1. The molecule has 1 aliphatic heterocycles. The minimum atomic E-state index is -3.23. The summed E-state index contributed by atoms with van der Waals surface area (Å²) in [5, 5.41) is 2.23. The van der Waals surface area contributed by atoms with E-state index in [9.17, 15) is 4.79 Å². The van der Waals surface area contributed by atoms with Gasteiger partial charge >= 0.3 is 5.69 Å². The molecule has 2 N–H and O–H groups in total. The van der Waals surface area contributed by atoms with Crippen molar-refractivity contribution in [2.75, 3.05) is 12.3 Å². The number of alkyl halides is 1. The topological polar surface area (TPSA) is 92.3 Å². The Morgan fingerprint density at radius 2 is 1.14 bits per heavy atom. The molecule has 0 radical (unpaired) electrons. The zero-order valence-corrected chi connectivity index (χ0v) is 32.9. The molecular formula is C40H47FN4O3SSi2. The number of hydrogen-bond acceptors (Lipinski definition) is 7. The first-order valence-corrected chi connectivity index (χ1v) is 22.1. The minimum absolute atomic E-state index is 0.152. The number of nitrogens with two attached hydrogens (primary N) is 1. The van der Waals surface area contributed by atoms with E-state index in [0.717, 1.165) is 20.7 Å². The molecule has 1 fully saturated rings. The van der Waals surface area contributed by atoms with Crippen LogP contribution in [-0.4, -0.2) is 55.3 Å². The van der Waals surface area contributed by atoms with Crippen LogP contribution in [0.1, 0.15) is 46.9 Å². The van der Waals surface area contributed by atoms with Crippen LogP contribution in [0.2, 0.25) is 10.1 Å². The third-order valence-electron chi connectivity index (χ3n) is 9.90. The molecule has 1 aromatic heterocycles. The first-order valence-electron chi connectivity index (χ1n) is 17.3. The summed E-state index contributed by atoms with van der Waals surface area (Å²) in [5.74, 6) is -0.152. The molecule has 0 amide bonds. The summed E-state index contributed by atoms with van der Waals surface area (Å²) < 4.78 is 33.7. The first kappa shape index (κ1) is 36.9. The van der Waals surface area contributed by atoms with Crippen molar-refractivity contribution in [1.29, 1.82) is 0 Å². The van der Waals surface area contributed by atoms with Gasteiger partial charge in [0.25, 0.3) is 16.6 Å². The fourth-order valence-corrected chi connectivity index (χ4v) is 18.6. The van der Waals surface area contributed by atoms with E-state index in [-0.39, 0.29) is 17.6 Å². The van der Waals surface area contributed by atoms with Gasteiger partial charge in [-0.15, -0.1) is 11.8 Å². The molecule has 1 saturated heterocycles. The second-order valence-electron chi connectivity index (χ2n) is 15.1. The largest absolute Gasteiger partial charge is 0.406 e. The van der Waals surface area contributed by atoms with Crippen LogP contribution in [0, 0.1) is 0 Å². The highest BCUT2D eigenvalue weighted by atomic mass is 32.2. The Bertz CT molecular complexity index is 1880. The molecule has 4 atom stereocenters. The van der Waals surface area contributed by atoms with Crippen LogP contribution >= 0.6 is 11.8 Å². The molecule has 51 heavy (non-hydrogen) atoms. The maximum absolute atomic E-state index is 17.5. The van der Waals surface area contributed by atoms with Gasteiger partial charge in [0, 0.05) is 6.61 Å². The zero-order valence-electron chi connectivity index (χ0n) is 30.1. The van der Waals surface area contributed by atoms with E-state index in [4.69, 9.17) is 14.6 Å². The Balaban J connectivity index is 1.51. The van der Waals surface area contributed by atoms with Gasteiger partial charge in [0.2, 0.25) is 5.95 Å². The summed E-state index contributed by atoms with van der Waals surface area (Å²) in [7, 11) is -6.23. The summed E-state index contributed by atoms with van der Waals surface area (Å²) in [6, 6.07) is 41.3. The van der Waals surface area contributed by atoms with E-state index < -0.39 is 50.3 Å². The highest BCUT2D eigenvalue weighted by Gasteiger charge is 2.58. The Morgan fingerprint density at radius 1 is 0.725 bits per heavy atom. The van der Waals surface area contributed by atoms with Crippen molar-refractivity contribution in [3.05, 3.63) is 138 Å². The van der Waals surface area contributed by atoms with Gasteiger partial charge in [-0.05, 0) is 30.8 Å². The molecule has 0 spiro atoms. The van der Waals surface area contributed by atoms with Gasteiger partial charge < -0.3 is 14.6 Å². The lowest BCUT2D eigenvalue weighted by atomic mass is 10.1. The van der Waals surface area contributed by atoms with Crippen molar-refractivity contribution < 1.29 is 13.2 Å². The van der Waals surface area contributed by atoms with Gasteiger partial charge in [-0.25, -0.2) is 14.2 Å². The number of hydrogen-bond donors (Lipinski definition) is 1. The highest BCUT2D eigenvalue weighted by Crippen LogP contribution is 2.49. The average molecular weight is 739 g/mol. The van der Waals surface area contributed by atoms with Crippen molar-refractivity contribution in [2.45, 2.75) is 74.5 Å². The number of rotatable bonds is 10. The fraction of sp³-hybridized carbons (Fsp3) is 0.325. The predicted octanol–water partition coefficient (Wildman–Crippen LogP) is 5.69. The molecule has 0 saturated carbocycles. The second-order valence-corrected chi connectivity index (χ2v) is 25.1. The third kappa shape index (κ3) is 6.89. The van der Waals surface area contributed by atoms with E-state index in [2.05, 4.69) is 124 Å². The lowest BCUT2D eigenvalue weighted by Gasteiger charge is -2.46. The molecule has 4 aromatic carbocycles. The maximum Gasteiger partial charge on any atom is 0.353 e. The standard InChI is InChI=1S/C40H47FN4O3SSi2/c1-39(2,3)50(29-19-11-7-12-20-29,30-21-13-8-14-22-30)47-27-33-35(34(41)36(49-33)45-28-43-37(42)44-38(45)46)48-51(40(4,5)6,31-23-15-9-16-24-31)32-25-17-10-18-26-32/h7-26,28,33-36H,27H2,1-6H3,(H2,42,44,46)/t33-,34+,35-,36-/m1/s1. The molecule has 0 unspecified atom stereocenters. The Kier molecular flexibility index (Phi) is 10.6. The van der Waals surface area contributed by atoms with E-state index in [1.807, 2.05) is 48.5 Å². The van der Waals surface area contributed by atoms with Crippen LogP contribution in [0.25, 0.3) is 0 Å². The number of benzene rings is 4. The summed E-state index contributed by atoms with van der Waals surface area (Å²) in [6.45, 7) is 13.4. The van der Waals surface area contributed by atoms with Gasteiger partial charge in [-0.3, -0.25) is 4.57 Å². The third-order valence-corrected chi connectivity index (χ3v) is 21.5. The predicted molar refractivity (Wildman–Crippen MR) is 212 cm³/mol. The molecule has 7 nitrogen and oxygen atoms in total.